The monoisotopic (exact) mass is 472 g/mol. The molecule has 1 atom stereocenters. The van der Waals surface area contributed by atoms with Crippen LogP contribution in [0.25, 0.3) is 5.65 Å². The number of halogens is 4. The van der Waals surface area contributed by atoms with Crippen LogP contribution >= 0.6 is 11.6 Å². The molecule has 0 bridgehead atoms. The number of aromatic nitrogens is 2. The van der Waals surface area contributed by atoms with Crippen LogP contribution in [0.15, 0.2) is 18.5 Å². The molecule has 0 aromatic carbocycles. The number of pyridine rings is 1. The van der Waals surface area contributed by atoms with Crippen LogP contribution in [0.3, 0.4) is 0 Å². The molecule has 1 spiro atoms. The van der Waals surface area contributed by atoms with Crippen LogP contribution in [-0.2, 0) is 4.74 Å². The Labute approximate surface area is 188 Å². The van der Waals surface area contributed by atoms with Crippen LogP contribution in [0.5, 0.6) is 0 Å². The first-order valence-electron chi connectivity index (χ1n) is 10.5. The van der Waals surface area contributed by atoms with Gasteiger partial charge in [0.2, 0.25) is 0 Å². The van der Waals surface area contributed by atoms with Gasteiger partial charge < -0.3 is 18.9 Å². The van der Waals surface area contributed by atoms with E-state index in [1.807, 2.05) is 13.1 Å². The first-order chi connectivity index (χ1) is 15.0. The summed E-state index contributed by atoms with van der Waals surface area (Å²) in [5.74, 6) is -0.207. The van der Waals surface area contributed by atoms with Gasteiger partial charge in [-0.05, 0) is 51.2 Å². The predicted octanol–water partition coefficient (Wildman–Crippen LogP) is 4.45. The van der Waals surface area contributed by atoms with E-state index >= 15 is 0 Å². The molecule has 11 heteroatoms. The minimum absolute atomic E-state index is 0.207. The van der Waals surface area contributed by atoms with Crippen molar-refractivity contribution in [2.75, 3.05) is 19.6 Å². The molecule has 2 fully saturated rings. The van der Waals surface area contributed by atoms with Crippen molar-refractivity contribution in [1.82, 2.24) is 19.2 Å². The zero-order chi connectivity index (χ0) is 23.3. The number of rotatable bonds is 2. The van der Waals surface area contributed by atoms with Crippen LogP contribution < -0.4 is 0 Å². The number of likely N-dealkylation sites (tertiary alicyclic amines) is 2. The number of alkyl halides is 3. The number of hydrogen-bond donors (Lipinski definition) is 0. The lowest BCUT2D eigenvalue weighted by molar-refractivity contribution is -0.200. The molecule has 2 saturated heterocycles. The van der Waals surface area contributed by atoms with Gasteiger partial charge in [0.05, 0.1) is 5.02 Å². The molecule has 4 heterocycles. The molecule has 2 aliphatic heterocycles. The average molecular weight is 473 g/mol. The fourth-order valence-corrected chi connectivity index (χ4v) is 4.92. The molecule has 2 aliphatic rings. The van der Waals surface area contributed by atoms with Crippen LogP contribution in [0, 0.1) is 6.92 Å². The van der Waals surface area contributed by atoms with Gasteiger partial charge in [-0.15, -0.1) is 0 Å². The number of piperidine rings is 1. The van der Waals surface area contributed by atoms with Gasteiger partial charge in [0.1, 0.15) is 5.69 Å². The zero-order valence-electron chi connectivity index (χ0n) is 17.8. The van der Waals surface area contributed by atoms with Crippen molar-refractivity contribution >= 4 is 29.2 Å². The molecule has 0 saturated carbocycles. The first-order valence-corrected chi connectivity index (χ1v) is 10.9. The van der Waals surface area contributed by atoms with Crippen LogP contribution in [0.4, 0.5) is 18.0 Å². The minimum atomic E-state index is -4.60. The van der Waals surface area contributed by atoms with E-state index in [0.717, 1.165) is 25.3 Å². The number of imidazole rings is 1. The van der Waals surface area contributed by atoms with E-state index in [-0.39, 0.29) is 19.0 Å². The topological polar surface area (TPSA) is 67.2 Å². The third-order valence-corrected chi connectivity index (χ3v) is 6.67. The molecule has 0 radical (unpaired) electrons. The standard InChI is InChI=1S/C21H24ClF3N4O3/c1-13-10-15(22)17-26-16(12-28(17)11-13)18(30)29-7-3-4-20(29)5-8-27(9-6-20)19(31)32-14(2)21(23,24)25/h10-12,14H,3-9H2,1-2H3. The van der Waals surface area contributed by atoms with Crippen molar-refractivity contribution in [2.24, 2.45) is 0 Å². The van der Waals surface area contributed by atoms with Gasteiger partial charge in [-0.3, -0.25) is 4.79 Å². The van der Waals surface area contributed by atoms with Gasteiger partial charge in [0.25, 0.3) is 5.91 Å². The van der Waals surface area contributed by atoms with E-state index in [9.17, 15) is 22.8 Å². The van der Waals surface area contributed by atoms with Crippen molar-refractivity contribution < 1.29 is 27.5 Å². The first kappa shape index (κ1) is 22.7. The quantitative estimate of drug-likeness (QED) is 0.647. The van der Waals surface area contributed by atoms with Gasteiger partial charge in [-0.2, -0.15) is 13.2 Å². The van der Waals surface area contributed by atoms with Crippen molar-refractivity contribution in [1.29, 1.82) is 0 Å². The van der Waals surface area contributed by atoms with E-state index in [1.165, 1.54) is 4.90 Å². The third kappa shape index (κ3) is 4.12. The normalized spacial score (nSPS) is 19.6. The number of hydrogen-bond acceptors (Lipinski definition) is 4. The highest BCUT2D eigenvalue weighted by atomic mass is 35.5. The van der Waals surface area contributed by atoms with Crippen molar-refractivity contribution in [3.05, 3.63) is 34.7 Å². The molecular formula is C21H24ClF3N4O3. The van der Waals surface area contributed by atoms with E-state index in [4.69, 9.17) is 11.6 Å². The molecule has 2 amide bonds. The Bertz CT molecular complexity index is 1050. The highest BCUT2D eigenvalue weighted by Gasteiger charge is 2.47. The van der Waals surface area contributed by atoms with Crippen molar-refractivity contribution in [3.8, 4) is 0 Å². The maximum Gasteiger partial charge on any atom is 0.425 e. The molecule has 32 heavy (non-hydrogen) atoms. The second kappa shape index (κ2) is 8.13. The van der Waals surface area contributed by atoms with Crippen molar-refractivity contribution in [2.45, 2.75) is 57.3 Å². The SMILES string of the molecule is Cc1cc(Cl)c2nc(C(=O)N3CCCC34CCN(C(=O)OC(C)C(F)(F)F)CC4)cn2c1. The maximum atomic E-state index is 13.3. The second-order valence-corrected chi connectivity index (χ2v) is 8.97. The van der Waals surface area contributed by atoms with Crippen LogP contribution in [0.2, 0.25) is 5.02 Å². The summed E-state index contributed by atoms with van der Waals surface area (Å²) in [5, 5.41) is 0.458. The van der Waals surface area contributed by atoms with E-state index in [1.54, 1.807) is 21.6 Å². The number of fused-ring (bicyclic) bond motifs is 1. The molecule has 7 nitrogen and oxygen atoms in total. The second-order valence-electron chi connectivity index (χ2n) is 8.56. The molecular weight excluding hydrogens is 449 g/mol. The third-order valence-electron chi connectivity index (χ3n) is 6.39. The number of nitrogens with zero attached hydrogens (tertiary/aromatic N) is 4. The Morgan fingerprint density at radius 2 is 1.88 bits per heavy atom. The van der Waals surface area contributed by atoms with Crippen LogP contribution in [0.1, 0.15) is 48.7 Å². The minimum Gasteiger partial charge on any atom is -0.437 e. The smallest absolute Gasteiger partial charge is 0.425 e. The summed E-state index contributed by atoms with van der Waals surface area (Å²) in [6.07, 6.45) is -1.71. The Balaban J connectivity index is 1.47. The van der Waals surface area contributed by atoms with Gasteiger partial charge >= 0.3 is 12.3 Å². The summed E-state index contributed by atoms with van der Waals surface area (Å²) < 4.78 is 44.3. The molecule has 4 rings (SSSR count). The lowest BCUT2D eigenvalue weighted by Crippen LogP contribution is -2.55. The van der Waals surface area contributed by atoms with Crippen molar-refractivity contribution in [3.63, 3.8) is 0 Å². The maximum absolute atomic E-state index is 13.3. The Morgan fingerprint density at radius 1 is 1.19 bits per heavy atom. The number of carbonyl (C=O) groups is 2. The molecule has 0 aliphatic carbocycles. The molecule has 2 aromatic heterocycles. The summed E-state index contributed by atoms with van der Waals surface area (Å²) in [5.41, 5.74) is 1.29. The fourth-order valence-electron chi connectivity index (χ4n) is 4.60. The molecule has 2 aromatic rings. The van der Waals surface area contributed by atoms with Gasteiger partial charge in [0, 0.05) is 37.6 Å². The number of carbonyl (C=O) groups excluding carboxylic acids is 2. The largest absolute Gasteiger partial charge is 0.437 e. The van der Waals surface area contributed by atoms with E-state index in [2.05, 4.69) is 9.72 Å². The van der Waals surface area contributed by atoms with Gasteiger partial charge in [0.15, 0.2) is 11.8 Å². The highest BCUT2D eigenvalue weighted by molar-refractivity contribution is 6.33. The number of aryl methyl sites for hydroxylation is 1. The van der Waals surface area contributed by atoms with Crippen LogP contribution in [-0.4, -0.2) is 68.6 Å². The Kier molecular flexibility index (Phi) is 5.77. The molecule has 174 valence electrons. The average Bonchev–Trinajstić information content (AvgIpc) is 3.32. The van der Waals surface area contributed by atoms with Gasteiger partial charge in [-0.25, -0.2) is 9.78 Å². The summed E-state index contributed by atoms with van der Waals surface area (Å²) in [7, 11) is 0. The zero-order valence-corrected chi connectivity index (χ0v) is 18.5. The summed E-state index contributed by atoms with van der Waals surface area (Å²) in [6.45, 7) is 3.72. The number of ether oxygens (including phenoxy) is 1. The van der Waals surface area contributed by atoms with E-state index < -0.39 is 23.9 Å². The summed E-state index contributed by atoms with van der Waals surface area (Å²) in [4.78, 5) is 33.0. The lowest BCUT2D eigenvalue weighted by atomic mass is 9.85. The highest BCUT2D eigenvalue weighted by Crippen LogP contribution is 2.39. The Hall–Kier alpha value is -2.49. The Morgan fingerprint density at radius 3 is 2.53 bits per heavy atom. The fraction of sp³-hybridized carbons (Fsp3) is 0.571. The molecule has 0 N–H and O–H groups in total. The summed E-state index contributed by atoms with van der Waals surface area (Å²) in [6, 6.07) is 1.78. The predicted molar refractivity (Wildman–Crippen MR) is 111 cm³/mol. The van der Waals surface area contributed by atoms with E-state index in [0.29, 0.717) is 35.8 Å². The van der Waals surface area contributed by atoms with Gasteiger partial charge in [-0.1, -0.05) is 11.6 Å². The molecule has 1 unspecified atom stereocenters. The lowest BCUT2D eigenvalue weighted by Gasteiger charge is -2.44. The summed E-state index contributed by atoms with van der Waals surface area (Å²) >= 11 is 6.26. The number of amides is 2.